The number of aromatic nitrogens is 2. The lowest BCUT2D eigenvalue weighted by molar-refractivity contribution is -0.111. The predicted molar refractivity (Wildman–Crippen MR) is 106 cm³/mol. The number of benzene rings is 1. The minimum absolute atomic E-state index is 0.0964. The summed E-state index contributed by atoms with van der Waals surface area (Å²) < 4.78 is 5.51. The van der Waals surface area contributed by atoms with E-state index in [4.69, 9.17) is 16.1 Å². The Morgan fingerprint density at radius 2 is 2.18 bits per heavy atom. The number of hydrogen-bond donors (Lipinski definition) is 1. The monoisotopic (exact) mass is 400 g/mol. The van der Waals surface area contributed by atoms with Crippen LogP contribution in [0, 0.1) is 12.8 Å². The van der Waals surface area contributed by atoms with Gasteiger partial charge in [-0.1, -0.05) is 30.1 Å². The fourth-order valence-electron chi connectivity index (χ4n) is 5.27. The molecule has 1 aromatic heterocycles. The Morgan fingerprint density at radius 1 is 1.36 bits per heavy atom. The number of aryl methyl sites for hydroxylation is 1. The van der Waals surface area contributed by atoms with Gasteiger partial charge in [-0.3, -0.25) is 0 Å². The number of carbonyl (C=O) groups excluding carboxylic acids is 1. The van der Waals surface area contributed by atoms with Crippen LogP contribution in [0.3, 0.4) is 0 Å². The molecule has 2 heterocycles. The van der Waals surface area contributed by atoms with E-state index in [1.54, 1.807) is 0 Å². The predicted octanol–water partition coefficient (Wildman–Crippen LogP) is 5.23. The van der Waals surface area contributed by atoms with Gasteiger partial charge in [-0.05, 0) is 68.2 Å². The summed E-state index contributed by atoms with van der Waals surface area (Å²) >= 11 is 6.39. The molecule has 3 aliphatic rings. The van der Waals surface area contributed by atoms with Crippen molar-refractivity contribution in [3.05, 3.63) is 40.5 Å². The highest BCUT2D eigenvalue weighted by Crippen LogP contribution is 2.55. The molecule has 2 aromatic rings. The molecule has 1 saturated heterocycles. The standard InChI is InChI=1S/C21H25ClN4O2/c1-12-8-16-11-21(10-12,19-23-13(2)25-28-19)26(16)20(27)24-15-6-7-18(22)17(9-15)14-4-3-5-14/h6-7,9,12,14,16H,3-5,8,10-11H2,1-2H3,(H,24,27)/t12-,16+,21-/m1/s1. The first-order valence-electron chi connectivity index (χ1n) is 10.2. The second-order valence-corrected chi connectivity index (χ2v) is 9.15. The van der Waals surface area contributed by atoms with Crippen molar-refractivity contribution in [1.82, 2.24) is 15.0 Å². The zero-order chi connectivity index (χ0) is 19.5. The molecule has 1 aliphatic heterocycles. The number of nitrogens with one attached hydrogen (secondary N) is 1. The van der Waals surface area contributed by atoms with E-state index in [-0.39, 0.29) is 12.1 Å². The normalized spacial score (nSPS) is 29.2. The Morgan fingerprint density at radius 3 is 2.86 bits per heavy atom. The SMILES string of the molecule is Cc1noc([C@@]23C[C@H](C)C[C@@H](C2)N3C(=O)Nc2ccc(Cl)c(C3CCC3)c2)n1. The summed E-state index contributed by atoms with van der Waals surface area (Å²) in [6.45, 7) is 4.04. The molecule has 2 saturated carbocycles. The third kappa shape index (κ3) is 2.72. The quantitative estimate of drug-likeness (QED) is 0.765. The number of piperidine rings is 1. The zero-order valence-electron chi connectivity index (χ0n) is 16.2. The number of nitrogens with zero attached hydrogens (tertiary/aromatic N) is 3. The molecule has 0 radical (unpaired) electrons. The molecule has 2 aliphatic carbocycles. The van der Waals surface area contributed by atoms with Crippen LogP contribution >= 0.6 is 11.6 Å². The lowest BCUT2D eigenvalue weighted by atomic mass is 9.64. The molecule has 28 heavy (non-hydrogen) atoms. The van der Waals surface area contributed by atoms with Gasteiger partial charge in [0.25, 0.3) is 5.89 Å². The van der Waals surface area contributed by atoms with Gasteiger partial charge in [0.1, 0.15) is 5.54 Å². The van der Waals surface area contributed by atoms with E-state index >= 15 is 0 Å². The summed E-state index contributed by atoms with van der Waals surface area (Å²) in [5.74, 6) is 2.21. The first-order valence-corrected chi connectivity index (χ1v) is 10.5. The summed E-state index contributed by atoms with van der Waals surface area (Å²) in [6, 6.07) is 5.92. The Hall–Kier alpha value is -2.08. The van der Waals surface area contributed by atoms with Crippen LogP contribution in [0.15, 0.2) is 22.7 Å². The number of halogens is 1. The molecule has 3 atom stereocenters. The third-order valence-corrected chi connectivity index (χ3v) is 7.04. The van der Waals surface area contributed by atoms with Crippen molar-refractivity contribution in [1.29, 1.82) is 0 Å². The van der Waals surface area contributed by atoms with Gasteiger partial charge in [-0.15, -0.1) is 0 Å². The van der Waals surface area contributed by atoms with E-state index in [2.05, 4.69) is 22.4 Å². The Kier molecular flexibility index (Phi) is 4.16. The number of carbonyl (C=O) groups is 1. The van der Waals surface area contributed by atoms with Crippen molar-refractivity contribution >= 4 is 23.3 Å². The molecule has 0 unspecified atom stereocenters. The van der Waals surface area contributed by atoms with Gasteiger partial charge in [0, 0.05) is 23.2 Å². The summed E-state index contributed by atoms with van der Waals surface area (Å²) in [6.07, 6.45) is 6.34. The highest BCUT2D eigenvalue weighted by atomic mass is 35.5. The minimum atomic E-state index is -0.475. The third-order valence-electron chi connectivity index (χ3n) is 6.70. The van der Waals surface area contributed by atoms with Gasteiger partial charge in [0.15, 0.2) is 5.82 Å². The van der Waals surface area contributed by atoms with Crippen LogP contribution in [0.5, 0.6) is 0 Å². The number of fused-ring (bicyclic) bond motifs is 2. The van der Waals surface area contributed by atoms with Crippen LogP contribution in [-0.2, 0) is 5.54 Å². The van der Waals surface area contributed by atoms with E-state index in [9.17, 15) is 4.79 Å². The van der Waals surface area contributed by atoms with Crippen LogP contribution < -0.4 is 5.32 Å². The molecule has 3 fully saturated rings. The summed E-state index contributed by atoms with van der Waals surface area (Å²) in [5, 5.41) is 7.85. The molecule has 2 amide bonds. The Labute approximate surface area is 169 Å². The maximum Gasteiger partial charge on any atom is 0.323 e. The molecule has 5 rings (SSSR count). The lowest BCUT2D eigenvalue weighted by Gasteiger charge is -2.61. The number of urea groups is 1. The first-order chi connectivity index (χ1) is 13.5. The van der Waals surface area contributed by atoms with Crippen LogP contribution in [0.25, 0.3) is 0 Å². The Bertz CT molecular complexity index is 925. The second-order valence-electron chi connectivity index (χ2n) is 8.75. The smallest absolute Gasteiger partial charge is 0.323 e. The number of likely N-dealkylation sites (tertiary alicyclic amines) is 1. The first kappa shape index (κ1) is 18.0. The van der Waals surface area contributed by atoms with Crippen LogP contribution in [0.4, 0.5) is 10.5 Å². The molecule has 1 N–H and O–H groups in total. The lowest BCUT2D eigenvalue weighted by Crippen LogP contribution is -2.70. The maximum absolute atomic E-state index is 13.2. The minimum Gasteiger partial charge on any atom is -0.337 e. The summed E-state index contributed by atoms with van der Waals surface area (Å²) in [4.78, 5) is 19.6. The molecule has 1 aromatic carbocycles. The van der Waals surface area contributed by atoms with Crippen molar-refractivity contribution in [3.8, 4) is 0 Å². The van der Waals surface area contributed by atoms with Crippen molar-refractivity contribution in [3.63, 3.8) is 0 Å². The van der Waals surface area contributed by atoms with Crippen molar-refractivity contribution in [2.75, 3.05) is 5.32 Å². The number of amides is 2. The molecule has 148 valence electrons. The fourth-order valence-corrected chi connectivity index (χ4v) is 5.54. The Balaban J connectivity index is 1.40. The average Bonchev–Trinajstić information content (AvgIpc) is 3.02. The van der Waals surface area contributed by atoms with Crippen LogP contribution in [-0.4, -0.2) is 27.1 Å². The molecule has 0 spiro atoms. The average molecular weight is 401 g/mol. The van der Waals surface area contributed by atoms with Crippen molar-refractivity contribution in [2.24, 2.45) is 5.92 Å². The van der Waals surface area contributed by atoms with Crippen LogP contribution in [0.2, 0.25) is 5.02 Å². The van der Waals surface area contributed by atoms with Gasteiger partial charge < -0.3 is 14.7 Å². The summed E-state index contributed by atoms with van der Waals surface area (Å²) in [5.41, 5.74) is 1.47. The van der Waals surface area contributed by atoms with E-state index < -0.39 is 5.54 Å². The van der Waals surface area contributed by atoms with Gasteiger partial charge >= 0.3 is 6.03 Å². The second kappa shape index (κ2) is 6.48. The van der Waals surface area contributed by atoms with Crippen LogP contribution in [0.1, 0.15) is 68.6 Å². The van der Waals surface area contributed by atoms with Gasteiger partial charge in [0.05, 0.1) is 0 Å². The highest BCUT2D eigenvalue weighted by Gasteiger charge is 2.62. The molecule has 7 heteroatoms. The summed E-state index contributed by atoms with van der Waals surface area (Å²) in [7, 11) is 0. The van der Waals surface area contributed by atoms with Gasteiger partial charge in [0.2, 0.25) is 0 Å². The molecule has 2 bridgehead atoms. The van der Waals surface area contributed by atoms with E-state index in [0.717, 1.165) is 35.5 Å². The van der Waals surface area contributed by atoms with Crippen molar-refractivity contribution < 1.29 is 9.32 Å². The number of rotatable bonds is 3. The van der Waals surface area contributed by atoms with Gasteiger partial charge in [-0.2, -0.15) is 4.98 Å². The zero-order valence-corrected chi connectivity index (χ0v) is 17.0. The van der Waals surface area contributed by atoms with Crippen molar-refractivity contribution in [2.45, 2.75) is 69.9 Å². The van der Waals surface area contributed by atoms with E-state index in [1.807, 2.05) is 30.0 Å². The number of anilines is 1. The molecular formula is C21H25ClN4O2. The van der Waals surface area contributed by atoms with E-state index in [1.165, 1.54) is 19.3 Å². The van der Waals surface area contributed by atoms with E-state index in [0.29, 0.717) is 23.6 Å². The fraction of sp³-hybridized carbons (Fsp3) is 0.571. The highest BCUT2D eigenvalue weighted by molar-refractivity contribution is 6.31. The molecular weight excluding hydrogens is 376 g/mol. The number of hydrogen-bond acceptors (Lipinski definition) is 4. The topological polar surface area (TPSA) is 71.3 Å². The largest absolute Gasteiger partial charge is 0.337 e. The molecule has 6 nitrogen and oxygen atoms in total. The maximum atomic E-state index is 13.2. The van der Waals surface area contributed by atoms with Gasteiger partial charge in [-0.25, -0.2) is 4.79 Å².